The highest BCUT2D eigenvalue weighted by Gasteiger charge is 2.38. The Balaban J connectivity index is 2.11. The Hall–Kier alpha value is -1.52. The molecule has 1 unspecified atom stereocenters. The number of fused-ring (bicyclic) bond motifs is 1. The molecule has 3 rings (SSSR count). The molecule has 3 nitrogen and oxygen atoms in total. The van der Waals surface area contributed by atoms with Gasteiger partial charge in [-0.15, -0.1) is 0 Å². The molecule has 1 heterocycles. The van der Waals surface area contributed by atoms with Crippen molar-refractivity contribution >= 4 is 39.2 Å². The summed E-state index contributed by atoms with van der Waals surface area (Å²) in [5.74, 6) is -0.981. The quantitative estimate of drug-likeness (QED) is 0.703. The molecule has 23 heavy (non-hydrogen) atoms. The summed E-state index contributed by atoms with van der Waals surface area (Å²) in [7, 11) is 0. The summed E-state index contributed by atoms with van der Waals surface area (Å²) in [4.78, 5) is 11.6. The number of carboxylic acid groups (broad SMARTS) is 1. The van der Waals surface area contributed by atoms with E-state index in [-0.39, 0.29) is 22.0 Å². The van der Waals surface area contributed by atoms with E-state index in [9.17, 15) is 9.90 Å². The molecule has 0 fully saturated rings. The molecule has 2 N–H and O–H groups in total. The van der Waals surface area contributed by atoms with Crippen molar-refractivity contribution in [1.29, 1.82) is 0 Å². The van der Waals surface area contributed by atoms with Gasteiger partial charge in [0, 0.05) is 10.2 Å². The van der Waals surface area contributed by atoms with Gasteiger partial charge in [0.2, 0.25) is 0 Å². The number of carbonyl (C=O) groups is 1. The van der Waals surface area contributed by atoms with Gasteiger partial charge >= 0.3 is 5.97 Å². The third-order valence-electron chi connectivity index (χ3n) is 4.37. The van der Waals surface area contributed by atoms with Gasteiger partial charge in [0.25, 0.3) is 0 Å². The number of anilines is 1. The fourth-order valence-electron chi connectivity index (χ4n) is 3.30. The van der Waals surface area contributed by atoms with Crippen LogP contribution in [0, 0.1) is 5.41 Å². The maximum absolute atomic E-state index is 11.6. The van der Waals surface area contributed by atoms with Gasteiger partial charge < -0.3 is 10.4 Å². The summed E-state index contributed by atoms with van der Waals surface area (Å²) in [6.45, 7) is 4.28. The average molecular weight is 395 g/mol. The summed E-state index contributed by atoms with van der Waals surface area (Å²) >= 11 is 9.62. The summed E-state index contributed by atoms with van der Waals surface area (Å²) in [5, 5.41) is 13.3. The van der Waals surface area contributed by atoms with Crippen molar-refractivity contribution in [3.8, 4) is 0 Å². The summed E-state index contributed by atoms with van der Waals surface area (Å²) in [5.41, 5.74) is 2.85. The largest absolute Gasteiger partial charge is 0.478 e. The second-order valence-corrected chi connectivity index (χ2v) is 7.87. The highest BCUT2D eigenvalue weighted by Crippen LogP contribution is 2.47. The lowest BCUT2D eigenvalue weighted by Crippen LogP contribution is -2.35. The Labute approximate surface area is 148 Å². The van der Waals surface area contributed by atoms with Crippen molar-refractivity contribution in [3.05, 3.63) is 62.6 Å². The normalized spacial score (nSPS) is 18.9. The van der Waals surface area contributed by atoms with E-state index in [0.717, 1.165) is 15.7 Å². The molecule has 0 spiro atoms. The van der Waals surface area contributed by atoms with Gasteiger partial charge in [0.05, 0.1) is 16.6 Å². The van der Waals surface area contributed by atoms with E-state index in [2.05, 4.69) is 47.2 Å². The van der Waals surface area contributed by atoms with Gasteiger partial charge in [-0.1, -0.05) is 53.5 Å². The zero-order valence-corrected chi connectivity index (χ0v) is 15.2. The van der Waals surface area contributed by atoms with Crippen molar-refractivity contribution < 1.29 is 9.90 Å². The number of nitrogens with one attached hydrogen (secondary N) is 1. The summed E-state index contributed by atoms with van der Waals surface area (Å²) in [6, 6.07) is 11.8. The Morgan fingerprint density at radius 1 is 1.35 bits per heavy atom. The van der Waals surface area contributed by atoms with E-state index in [0.29, 0.717) is 6.42 Å². The molecule has 5 heteroatoms. The van der Waals surface area contributed by atoms with Crippen LogP contribution in [0.1, 0.15) is 41.4 Å². The minimum Gasteiger partial charge on any atom is -0.478 e. The Bertz CT molecular complexity index is 789. The molecule has 2 aromatic carbocycles. The molecule has 1 aliphatic rings. The van der Waals surface area contributed by atoms with E-state index in [1.165, 1.54) is 5.56 Å². The fraction of sp³-hybridized carbons (Fsp3) is 0.278. The molecular weight excluding hydrogens is 378 g/mol. The zero-order valence-electron chi connectivity index (χ0n) is 12.9. The van der Waals surface area contributed by atoms with Crippen LogP contribution in [0.4, 0.5) is 5.69 Å². The van der Waals surface area contributed by atoms with E-state index in [1.807, 2.05) is 18.2 Å². The van der Waals surface area contributed by atoms with Crippen LogP contribution in [0.3, 0.4) is 0 Å². The maximum Gasteiger partial charge on any atom is 0.337 e. The lowest BCUT2D eigenvalue weighted by molar-refractivity contribution is 0.0695. The number of benzene rings is 2. The highest BCUT2D eigenvalue weighted by molar-refractivity contribution is 9.10. The molecule has 0 radical (unpaired) electrons. The summed E-state index contributed by atoms with van der Waals surface area (Å²) < 4.78 is 1.03. The lowest BCUT2D eigenvalue weighted by Gasteiger charge is -2.42. The van der Waals surface area contributed by atoms with Gasteiger partial charge in [-0.2, -0.15) is 0 Å². The molecule has 0 amide bonds. The minimum absolute atomic E-state index is 0.0929. The smallest absolute Gasteiger partial charge is 0.337 e. The molecule has 2 aromatic rings. The number of rotatable bonds is 2. The van der Waals surface area contributed by atoms with Crippen molar-refractivity contribution in [2.24, 2.45) is 5.41 Å². The van der Waals surface area contributed by atoms with Crippen LogP contribution in [-0.4, -0.2) is 11.1 Å². The predicted molar refractivity (Wildman–Crippen MR) is 96.4 cm³/mol. The van der Waals surface area contributed by atoms with Crippen LogP contribution in [0.25, 0.3) is 0 Å². The van der Waals surface area contributed by atoms with Crippen molar-refractivity contribution in [3.63, 3.8) is 0 Å². The third kappa shape index (κ3) is 2.98. The van der Waals surface area contributed by atoms with Gasteiger partial charge in [-0.25, -0.2) is 4.79 Å². The second kappa shape index (κ2) is 5.84. The zero-order chi connectivity index (χ0) is 16.8. The van der Waals surface area contributed by atoms with Crippen molar-refractivity contribution in [2.45, 2.75) is 26.3 Å². The monoisotopic (exact) mass is 393 g/mol. The Morgan fingerprint density at radius 3 is 2.74 bits per heavy atom. The van der Waals surface area contributed by atoms with Gasteiger partial charge in [0.1, 0.15) is 0 Å². The number of halogens is 2. The van der Waals surface area contributed by atoms with E-state index in [1.54, 1.807) is 6.07 Å². The van der Waals surface area contributed by atoms with E-state index >= 15 is 0 Å². The minimum atomic E-state index is -0.981. The number of hydrogen-bond donors (Lipinski definition) is 2. The van der Waals surface area contributed by atoms with Crippen LogP contribution in [0.2, 0.25) is 5.02 Å². The molecule has 1 aliphatic heterocycles. The molecule has 0 bridgehead atoms. The lowest BCUT2D eigenvalue weighted by atomic mass is 9.72. The van der Waals surface area contributed by atoms with E-state index < -0.39 is 5.97 Å². The van der Waals surface area contributed by atoms with Crippen molar-refractivity contribution in [2.75, 3.05) is 5.32 Å². The summed E-state index contributed by atoms with van der Waals surface area (Å²) in [6.07, 6.45) is 0.648. The van der Waals surface area contributed by atoms with Crippen molar-refractivity contribution in [1.82, 2.24) is 0 Å². The third-order valence-corrected chi connectivity index (χ3v) is 5.18. The Morgan fingerprint density at radius 2 is 2.09 bits per heavy atom. The first kappa shape index (κ1) is 16.3. The van der Waals surface area contributed by atoms with Crippen LogP contribution < -0.4 is 5.32 Å². The van der Waals surface area contributed by atoms with Gasteiger partial charge in [-0.05, 0) is 47.2 Å². The molecule has 120 valence electrons. The number of hydrogen-bond acceptors (Lipinski definition) is 2. The van der Waals surface area contributed by atoms with Gasteiger partial charge in [-0.3, -0.25) is 0 Å². The molecular formula is C18H17BrClNO2. The van der Waals surface area contributed by atoms with Crippen LogP contribution in [-0.2, 0) is 6.42 Å². The van der Waals surface area contributed by atoms with Crippen LogP contribution in [0.15, 0.2) is 40.9 Å². The standard InChI is InChI=1S/C18H17BrClNO2/c1-18(2)9-12-14(7-6-13(20)15(12)17(22)23)21-16(18)10-4-3-5-11(19)8-10/h3-8,16,21H,9H2,1-2H3,(H,22,23). The topological polar surface area (TPSA) is 49.3 Å². The maximum atomic E-state index is 11.6. The first-order valence-electron chi connectivity index (χ1n) is 7.36. The number of carboxylic acids is 1. The molecule has 0 saturated carbocycles. The average Bonchev–Trinajstić information content (AvgIpc) is 2.45. The molecule has 0 aromatic heterocycles. The first-order valence-corrected chi connectivity index (χ1v) is 8.53. The van der Waals surface area contributed by atoms with E-state index in [4.69, 9.17) is 11.6 Å². The molecule has 1 atom stereocenters. The Kier molecular flexibility index (Phi) is 4.15. The molecule has 0 aliphatic carbocycles. The first-order chi connectivity index (χ1) is 10.8. The van der Waals surface area contributed by atoms with Crippen LogP contribution >= 0.6 is 27.5 Å². The SMILES string of the molecule is CC1(C)Cc2c(ccc(Cl)c2C(=O)O)NC1c1cccc(Br)c1. The molecule has 0 saturated heterocycles. The highest BCUT2D eigenvalue weighted by atomic mass is 79.9. The van der Waals surface area contributed by atoms with Gasteiger partial charge in [0.15, 0.2) is 0 Å². The fourth-order valence-corrected chi connectivity index (χ4v) is 3.97. The predicted octanol–water partition coefficient (Wildman–Crippen LogP) is 5.54. The number of aromatic carboxylic acids is 1. The second-order valence-electron chi connectivity index (χ2n) is 6.55. The van der Waals surface area contributed by atoms with Crippen LogP contribution in [0.5, 0.6) is 0 Å².